The lowest BCUT2D eigenvalue weighted by Gasteiger charge is -2.18. The second kappa shape index (κ2) is 5.54. The van der Waals surface area contributed by atoms with E-state index >= 15 is 0 Å². The van der Waals surface area contributed by atoms with Crippen LogP contribution in [0.4, 0.5) is 0 Å². The number of rotatable bonds is 3. The smallest absolute Gasteiger partial charge is 0.256 e. The van der Waals surface area contributed by atoms with Crippen LogP contribution in [0.5, 0.6) is 0 Å². The molecule has 1 amide bonds. The number of aryl methyl sites for hydroxylation is 1. The molecule has 0 aliphatic carbocycles. The summed E-state index contributed by atoms with van der Waals surface area (Å²) in [4.78, 5) is 13.7. The molecule has 1 unspecified atom stereocenters. The summed E-state index contributed by atoms with van der Waals surface area (Å²) in [5.41, 5.74) is 3.59. The molecular weight excluding hydrogens is 262 g/mol. The maximum atomic E-state index is 12.2. The minimum atomic E-state index is -0.852. The Hall–Kier alpha value is -2.39. The van der Waals surface area contributed by atoms with Crippen LogP contribution in [0, 0.1) is 6.92 Å². The molecule has 3 nitrogen and oxygen atoms in total. The van der Waals surface area contributed by atoms with Gasteiger partial charge in [-0.25, -0.2) is 0 Å². The van der Waals surface area contributed by atoms with E-state index in [2.05, 4.69) is 0 Å². The van der Waals surface area contributed by atoms with Gasteiger partial charge in [-0.3, -0.25) is 4.79 Å². The van der Waals surface area contributed by atoms with Gasteiger partial charge >= 0.3 is 0 Å². The van der Waals surface area contributed by atoms with Crippen LogP contribution in [0.2, 0.25) is 0 Å². The van der Waals surface area contributed by atoms with Crippen molar-refractivity contribution in [2.24, 2.45) is 0 Å². The predicted molar refractivity (Wildman–Crippen MR) is 82.7 cm³/mol. The molecule has 106 valence electrons. The van der Waals surface area contributed by atoms with Gasteiger partial charge in [-0.2, -0.15) is 0 Å². The second-order valence-electron chi connectivity index (χ2n) is 5.18. The maximum absolute atomic E-state index is 12.2. The van der Waals surface area contributed by atoms with Gasteiger partial charge in [0, 0.05) is 17.7 Å². The molecule has 0 saturated heterocycles. The topological polar surface area (TPSA) is 40.5 Å². The third-order valence-corrected chi connectivity index (χ3v) is 3.81. The lowest BCUT2D eigenvalue weighted by molar-refractivity contribution is 0.0233. The normalized spacial score (nSPS) is 17.5. The number of nitrogens with zero attached hydrogens (tertiary/aromatic N) is 1. The fourth-order valence-electron chi connectivity index (χ4n) is 2.60. The first-order valence-electron chi connectivity index (χ1n) is 6.98. The molecule has 2 aromatic carbocycles. The Bertz CT molecular complexity index is 706. The Labute approximate surface area is 124 Å². The fourth-order valence-corrected chi connectivity index (χ4v) is 2.60. The molecule has 0 spiro atoms. The van der Waals surface area contributed by atoms with E-state index < -0.39 is 6.23 Å². The third kappa shape index (κ3) is 2.48. The molecule has 1 heterocycles. The number of hydrogen-bond acceptors (Lipinski definition) is 2. The van der Waals surface area contributed by atoms with Crippen molar-refractivity contribution in [3.63, 3.8) is 0 Å². The average molecular weight is 279 g/mol. The highest BCUT2D eigenvalue weighted by molar-refractivity contribution is 5.99. The zero-order valence-corrected chi connectivity index (χ0v) is 11.9. The van der Waals surface area contributed by atoms with Gasteiger partial charge in [0.25, 0.3) is 5.91 Å². The van der Waals surface area contributed by atoms with Crippen molar-refractivity contribution in [2.75, 3.05) is 6.54 Å². The number of carbonyl (C=O) groups excluding carboxylic acids is 1. The summed E-state index contributed by atoms with van der Waals surface area (Å²) < 4.78 is 0. The average Bonchev–Trinajstić information content (AvgIpc) is 2.74. The van der Waals surface area contributed by atoms with Crippen LogP contribution in [0.15, 0.2) is 54.6 Å². The van der Waals surface area contributed by atoms with E-state index in [4.69, 9.17) is 0 Å². The highest BCUT2D eigenvalue weighted by Crippen LogP contribution is 2.31. The molecule has 1 aliphatic rings. The Kier molecular flexibility index (Phi) is 3.59. The Balaban J connectivity index is 1.76. The summed E-state index contributed by atoms with van der Waals surface area (Å²) in [7, 11) is 0. The van der Waals surface area contributed by atoms with Gasteiger partial charge < -0.3 is 10.0 Å². The monoisotopic (exact) mass is 279 g/mol. The maximum Gasteiger partial charge on any atom is 0.256 e. The Morgan fingerprint density at radius 3 is 2.62 bits per heavy atom. The van der Waals surface area contributed by atoms with E-state index in [9.17, 15) is 9.90 Å². The third-order valence-electron chi connectivity index (χ3n) is 3.81. The van der Waals surface area contributed by atoms with Gasteiger partial charge in [0.1, 0.15) is 0 Å². The zero-order valence-electron chi connectivity index (χ0n) is 11.9. The van der Waals surface area contributed by atoms with E-state index in [0.717, 1.165) is 5.56 Å². The lowest BCUT2D eigenvalue weighted by atomic mass is 10.1. The van der Waals surface area contributed by atoms with Gasteiger partial charge in [-0.05, 0) is 24.1 Å². The molecule has 0 fully saturated rings. The number of carbonyl (C=O) groups is 1. The Morgan fingerprint density at radius 1 is 1.14 bits per heavy atom. The van der Waals surface area contributed by atoms with Crippen molar-refractivity contribution in [3.8, 4) is 0 Å². The van der Waals surface area contributed by atoms with Crippen LogP contribution in [-0.4, -0.2) is 22.5 Å². The SMILES string of the molecule is Cc1ccccc1C=CCN1C(=O)c2ccccc2C1O. The molecule has 3 rings (SSSR count). The van der Waals surface area contributed by atoms with E-state index in [0.29, 0.717) is 17.7 Å². The number of amides is 1. The molecule has 0 bridgehead atoms. The van der Waals surface area contributed by atoms with Crippen LogP contribution in [0.3, 0.4) is 0 Å². The molecular formula is C18H17NO2. The lowest BCUT2D eigenvalue weighted by Crippen LogP contribution is -2.27. The summed E-state index contributed by atoms with van der Waals surface area (Å²) in [6.07, 6.45) is 3.04. The van der Waals surface area contributed by atoms with Gasteiger partial charge in [0.05, 0.1) is 0 Å². The molecule has 3 heteroatoms. The molecule has 2 aromatic rings. The van der Waals surface area contributed by atoms with Crippen LogP contribution in [-0.2, 0) is 0 Å². The van der Waals surface area contributed by atoms with Crippen molar-refractivity contribution in [1.29, 1.82) is 0 Å². The van der Waals surface area contributed by atoms with Crippen LogP contribution in [0.25, 0.3) is 6.08 Å². The molecule has 1 atom stereocenters. The fraction of sp³-hybridized carbons (Fsp3) is 0.167. The van der Waals surface area contributed by atoms with E-state index in [1.165, 1.54) is 10.5 Å². The molecule has 0 saturated carbocycles. The van der Waals surface area contributed by atoms with Crippen molar-refractivity contribution in [1.82, 2.24) is 4.90 Å². The summed E-state index contributed by atoms with van der Waals surface area (Å²) in [5.74, 6) is -0.118. The summed E-state index contributed by atoms with van der Waals surface area (Å²) in [5, 5.41) is 10.2. The van der Waals surface area contributed by atoms with Crippen molar-refractivity contribution in [3.05, 3.63) is 76.9 Å². The van der Waals surface area contributed by atoms with Gasteiger partial charge in [0.15, 0.2) is 6.23 Å². The first kappa shape index (κ1) is 13.6. The Morgan fingerprint density at radius 2 is 1.86 bits per heavy atom. The quantitative estimate of drug-likeness (QED) is 0.937. The summed E-state index contributed by atoms with van der Waals surface area (Å²) in [6, 6.07) is 15.3. The predicted octanol–water partition coefficient (Wildman–Crippen LogP) is 3.16. The standard InChI is InChI=1S/C18H17NO2/c1-13-7-2-3-8-14(13)9-6-12-19-17(20)15-10-4-5-11-16(15)18(19)21/h2-11,17,20H,12H2,1H3. The molecule has 21 heavy (non-hydrogen) atoms. The van der Waals surface area contributed by atoms with Crippen molar-refractivity contribution < 1.29 is 9.90 Å². The van der Waals surface area contributed by atoms with E-state index in [-0.39, 0.29) is 5.91 Å². The molecule has 1 N–H and O–H groups in total. The largest absolute Gasteiger partial charge is 0.369 e. The summed E-state index contributed by atoms with van der Waals surface area (Å²) >= 11 is 0. The zero-order chi connectivity index (χ0) is 14.8. The number of aliphatic hydroxyl groups is 1. The van der Waals surface area contributed by atoms with Crippen LogP contribution in [0.1, 0.15) is 33.3 Å². The van der Waals surface area contributed by atoms with Crippen molar-refractivity contribution >= 4 is 12.0 Å². The van der Waals surface area contributed by atoms with Crippen LogP contribution < -0.4 is 0 Å². The number of fused-ring (bicyclic) bond motifs is 1. The number of benzene rings is 2. The highest BCUT2D eigenvalue weighted by atomic mass is 16.3. The van der Waals surface area contributed by atoms with E-state index in [1.54, 1.807) is 12.1 Å². The minimum Gasteiger partial charge on any atom is -0.369 e. The second-order valence-corrected chi connectivity index (χ2v) is 5.18. The molecule has 1 aliphatic heterocycles. The van der Waals surface area contributed by atoms with Crippen molar-refractivity contribution in [2.45, 2.75) is 13.2 Å². The minimum absolute atomic E-state index is 0.118. The first-order chi connectivity index (χ1) is 10.2. The first-order valence-corrected chi connectivity index (χ1v) is 6.98. The van der Waals surface area contributed by atoms with E-state index in [1.807, 2.05) is 55.5 Å². The molecule has 0 radical (unpaired) electrons. The van der Waals surface area contributed by atoms with Gasteiger partial charge in [-0.1, -0.05) is 54.6 Å². The number of aliphatic hydroxyl groups excluding tert-OH is 1. The molecule has 0 aromatic heterocycles. The summed E-state index contributed by atoms with van der Waals surface area (Å²) in [6.45, 7) is 2.44. The van der Waals surface area contributed by atoms with Crippen LogP contribution >= 0.6 is 0 Å². The van der Waals surface area contributed by atoms with Gasteiger partial charge in [-0.15, -0.1) is 0 Å². The number of hydrogen-bond donors (Lipinski definition) is 1. The van der Waals surface area contributed by atoms with Gasteiger partial charge in [0.2, 0.25) is 0 Å². The highest BCUT2D eigenvalue weighted by Gasteiger charge is 2.33.